The molecule has 0 aromatic carbocycles. The van der Waals surface area contributed by atoms with E-state index >= 15 is 0 Å². The molecule has 0 aliphatic rings. The number of unbranched alkanes of at least 4 members (excludes halogenated alkanes) is 1. The zero-order valence-electron chi connectivity index (χ0n) is 8.32. The zero-order valence-corrected chi connectivity index (χ0v) is 8.32. The van der Waals surface area contributed by atoms with Crippen LogP contribution in [0.3, 0.4) is 0 Å². The largest absolute Gasteiger partial charge is 0.392 e. The molecule has 0 spiro atoms. The van der Waals surface area contributed by atoms with Gasteiger partial charge in [-0.25, -0.2) is 0 Å². The quantitative estimate of drug-likeness (QED) is 0.587. The monoisotopic (exact) mass is 175 g/mol. The maximum absolute atomic E-state index is 9.30. The Balaban J connectivity index is 3.70. The first kappa shape index (κ1) is 11.9. The van der Waals surface area contributed by atoms with Crippen molar-refractivity contribution in [3.63, 3.8) is 0 Å². The van der Waals surface area contributed by atoms with Crippen molar-refractivity contribution in [2.24, 2.45) is 0 Å². The number of nitrogens with zero attached hydrogens (tertiary/aromatic N) is 1. The summed E-state index contributed by atoms with van der Waals surface area (Å²) in [6.07, 6.45) is 1.36. The van der Waals surface area contributed by atoms with Gasteiger partial charge in [0.15, 0.2) is 0 Å². The summed E-state index contributed by atoms with van der Waals surface area (Å²) >= 11 is 0. The first-order valence-electron chi connectivity index (χ1n) is 4.68. The molecule has 3 nitrogen and oxygen atoms in total. The lowest BCUT2D eigenvalue weighted by Gasteiger charge is -2.26. The van der Waals surface area contributed by atoms with Crippen molar-refractivity contribution in [1.82, 2.24) is 4.90 Å². The average Bonchev–Trinajstić information content (AvgIpc) is 1.96. The van der Waals surface area contributed by atoms with Gasteiger partial charge < -0.3 is 10.2 Å². The van der Waals surface area contributed by atoms with E-state index in [1.54, 1.807) is 13.8 Å². The Hall–Kier alpha value is -0.120. The maximum atomic E-state index is 9.30. The van der Waals surface area contributed by atoms with Crippen molar-refractivity contribution >= 4 is 0 Å². The summed E-state index contributed by atoms with van der Waals surface area (Å²) in [7, 11) is 0. The lowest BCUT2D eigenvalue weighted by atomic mass is 10.3. The fraction of sp³-hybridized carbons (Fsp3) is 1.00. The molecule has 0 radical (unpaired) electrons. The van der Waals surface area contributed by atoms with Gasteiger partial charge in [0.25, 0.3) is 0 Å². The Kier molecular flexibility index (Phi) is 6.34. The molecule has 0 aromatic heterocycles. The van der Waals surface area contributed by atoms with E-state index in [9.17, 15) is 5.11 Å². The molecule has 0 aliphatic carbocycles. The number of hydrogen-bond acceptors (Lipinski definition) is 3. The van der Waals surface area contributed by atoms with E-state index < -0.39 is 6.23 Å². The summed E-state index contributed by atoms with van der Waals surface area (Å²) in [6, 6.07) is 0. The number of rotatable bonds is 6. The van der Waals surface area contributed by atoms with Crippen molar-refractivity contribution in [2.45, 2.75) is 45.9 Å². The SMILES string of the molecule is CCCCN(CC(C)O)C(C)O. The summed E-state index contributed by atoms with van der Waals surface area (Å²) in [5, 5.41) is 18.4. The smallest absolute Gasteiger partial charge is 0.104 e. The molecule has 74 valence electrons. The summed E-state index contributed by atoms with van der Waals surface area (Å²) in [4.78, 5) is 1.88. The van der Waals surface area contributed by atoms with Crippen LogP contribution in [0.15, 0.2) is 0 Å². The molecule has 0 saturated carbocycles. The van der Waals surface area contributed by atoms with Gasteiger partial charge in [-0.3, -0.25) is 4.90 Å². The molecule has 0 aromatic rings. The van der Waals surface area contributed by atoms with Gasteiger partial charge in [-0.05, 0) is 20.3 Å². The van der Waals surface area contributed by atoms with Gasteiger partial charge in [0.2, 0.25) is 0 Å². The van der Waals surface area contributed by atoms with E-state index in [0.717, 1.165) is 19.4 Å². The molecule has 2 unspecified atom stereocenters. The Bertz CT molecular complexity index is 105. The Labute approximate surface area is 75.0 Å². The fourth-order valence-electron chi connectivity index (χ4n) is 1.13. The fourth-order valence-corrected chi connectivity index (χ4v) is 1.13. The van der Waals surface area contributed by atoms with Crippen LogP contribution in [0.1, 0.15) is 33.6 Å². The van der Waals surface area contributed by atoms with E-state index in [0.29, 0.717) is 6.54 Å². The second kappa shape index (κ2) is 6.40. The van der Waals surface area contributed by atoms with E-state index in [2.05, 4.69) is 6.92 Å². The minimum Gasteiger partial charge on any atom is -0.392 e. The van der Waals surface area contributed by atoms with Crippen LogP contribution in [0.25, 0.3) is 0 Å². The van der Waals surface area contributed by atoms with Gasteiger partial charge >= 0.3 is 0 Å². The highest BCUT2D eigenvalue weighted by Crippen LogP contribution is 2.00. The Morgan fingerprint density at radius 2 is 1.83 bits per heavy atom. The third kappa shape index (κ3) is 5.52. The molecule has 0 aliphatic heterocycles. The molecule has 12 heavy (non-hydrogen) atoms. The van der Waals surface area contributed by atoms with Gasteiger partial charge in [-0.15, -0.1) is 0 Å². The van der Waals surface area contributed by atoms with E-state index in [-0.39, 0.29) is 6.10 Å². The summed E-state index contributed by atoms with van der Waals surface area (Å²) in [5.41, 5.74) is 0. The minimum absolute atomic E-state index is 0.364. The summed E-state index contributed by atoms with van der Waals surface area (Å²) < 4.78 is 0. The van der Waals surface area contributed by atoms with Gasteiger partial charge in [0, 0.05) is 13.1 Å². The predicted octanol–water partition coefficient (Wildman–Crippen LogP) is 0.808. The second-order valence-corrected chi connectivity index (χ2v) is 3.33. The van der Waals surface area contributed by atoms with E-state index in [1.165, 1.54) is 0 Å². The predicted molar refractivity (Wildman–Crippen MR) is 49.8 cm³/mol. The molecule has 0 rings (SSSR count). The van der Waals surface area contributed by atoms with Crippen molar-refractivity contribution in [3.8, 4) is 0 Å². The second-order valence-electron chi connectivity index (χ2n) is 3.33. The highest BCUT2D eigenvalue weighted by molar-refractivity contribution is 4.61. The van der Waals surface area contributed by atoms with Gasteiger partial charge in [-0.1, -0.05) is 13.3 Å². The van der Waals surface area contributed by atoms with Crippen molar-refractivity contribution < 1.29 is 10.2 Å². The summed E-state index contributed by atoms with van der Waals surface area (Å²) in [5.74, 6) is 0. The van der Waals surface area contributed by atoms with Crippen LogP contribution in [0.4, 0.5) is 0 Å². The lowest BCUT2D eigenvalue weighted by Crippen LogP contribution is -2.38. The normalized spacial score (nSPS) is 16.5. The van der Waals surface area contributed by atoms with Crippen LogP contribution in [0.2, 0.25) is 0 Å². The third-order valence-corrected chi connectivity index (χ3v) is 1.83. The molecule has 2 atom stereocenters. The van der Waals surface area contributed by atoms with Gasteiger partial charge in [-0.2, -0.15) is 0 Å². The van der Waals surface area contributed by atoms with Crippen LogP contribution < -0.4 is 0 Å². The van der Waals surface area contributed by atoms with Gasteiger partial charge in [0.05, 0.1) is 6.10 Å². The third-order valence-electron chi connectivity index (χ3n) is 1.83. The Morgan fingerprint density at radius 1 is 1.25 bits per heavy atom. The standard InChI is InChI=1S/C9H21NO2/c1-4-5-6-10(9(3)12)7-8(2)11/h8-9,11-12H,4-7H2,1-3H3. The van der Waals surface area contributed by atoms with Crippen molar-refractivity contribution in [1.29, 1.82) is 0 Å². The Morgan fingerprint density at radius 3 is 2.17 bits per heavy atom. The van der Waals surface area contributed by atoms with Crippen molar-refractivity contribution in [2.75, 3.05) is 13.1 Å². The zero-order chi connectivity index (χ0) is 9.56. The molecule has 0 heterocycles. The first-order valence-corrected chi connectivity index (χ1v) is 4.68. The molecule has 0 amide bonds. The van der Waals surface area contributed by atoms with Crippen molar-refractivity contribution in [3.05, 3.63) is 0 Å². The van der Waals surface area contributed by atoms with Crippen LogP contribution >= 0.6 is 0 Å². The highest BCUT2D eigenvalue weighted by Gasteiger charge is 2.11. The topological polar surface area (TPSA) is 43.7 Å². The average molecular weight is 175 g/mol. The molecule has 0 saturated heterocycles. The molecule has 0 bridgehead atoms. The highest BCUT2D eigenvalue weighted by atomic mass is 16.3. The van der Waals surface area contributed by atoms with Crippen LogP contribution in [-0.4, -0.2) is 40.5 Å². The van der Waals surface area contributed by atoms with Crippen LogP contribution in [0, 0.1) is 0 Å². The summed E-state index contributed by atoms with van der Waals surface area (Å²) in [6.45, 7) is 7.00. The lowest BCUT2D eigenvalue weighted by molar-refractivity contribution is -0.00782. The van der Waals surface area contributed by atoms with E-state index in [1.807, 2.05) is 4.90 Å². The maximum Gasteiger partial charge on any atom is 0.104 e. The number of aliphatic hydroxyl groups excluding tert-OH is 2. The van der Waals surface area contributed by atoms with Crippen LogP contribution in [-0.2, 0) is 0 Å². The van der Waals surface area contributed by atoms with Crippen LogP contribution in [0.5, 0.6) is 0 Å². The molecule has 0 fully saturated rings. The number of aliphatic hydroxyl groups is 2. The molecule has 2 N–H and O–H groups in total. The molecule has 3 heteroatoms. The number of hydrogen-bond donors (Lipinski definition) is 2. The van der Waals surface area contributed by atoms with E-state index in [4.69, 9.17) is 5.11 Å². The minimum atomic E-state index is -0.453. The molecular formula is C9H21NO2. The first-order chi connectivity index (χ1) is 5.57. The van der Waals surface area contributed by atoms with Gasteiger partial charge in [0.1, 0.15) is 6.23 Å². The molecular weight excluding hydrogens is 154 g/mol.